The average molecular weight is 426 g/mol. The predicted octanol–water partition coefficient (Wildman–Crippen LogP) is 3.16. The zero-order valence-electron chi connectivity index (χ0n) is 12.5. The highest BCUT2D eigenvalue weighted by Crippen LogP contribution is 2.27. The number of nitrogens with one attached hydrogen (secondary N) is 1. The van der Waals surface area contributed by atoms with Gasteiger partial charge >= 0.3 is 0 Å². The largest absolute Gasteiger partial charge is 0.319 e. The zero-order valence-corrected chi connectivity index (χ0v) is 14.8. The van der Waals surface area contributed by atoms with Gasteiger partial charge in [-0.2, -0.15) is 10.2 Å². The summed E-state index contributed by atoms with van der Waals surface area (Å²) in [7, 11) is 0. The van der Waals surface area contributed by atoms with Crippen LogP contribution in [0.25, 0.3) is 0 Å². The summed E-state index contributed by atoms with van der Waals surface area (Å²) in [6, 6.07) is 5.33. The summed E-state index contributed by atoms with van der Waals surface area (Å²) >= 11 is 9.26. The van der Waals surface area contributed by atoms with Gasteiger partial charge < -0.3 is 5.32 Å². The van der Waals surface area contributed by atoms with Gasteiger partial charge in [0.05, 0.1) is 26.3 Å². The van der Waals surface area contributed by atoms with Crippen molar-refractivity contribution in [3.63, 3.8) is 0 Å². The molecule has 3 rings (SSSR count). The lowest BCUT2D eigenvalue weighted by Crippen LogP contribution is -2.15. The number of anilines is 1. The van der Waals surface area contributed by atoms with Gasteiger partial charge in [-0.1, -0.05) is 11.6 Å². The Morgan fingerprint density at radius 3 is 2.84 bits per heavy atom. The molecule has 0 spiro atoms. The summed E-state index contributed by atoms with van der Waals surface area (Å²) in [6.45, 7) is 0.330. The summed E-state index contributed by atoms with van der Waals surface area (Å²) in [6.07, 6.45) is 5.03. The third-order valence-corrected chi connectivity index (χ3v) is 3.91. The van der Waals surface area contributed by atoms with Gasteiger partial charge in [0.2, 0.25) is 0 Å². The number of rotatable bonds is 5. The number of benzene rings is 1. The summed E-state index contributed by atoms with van der Waals surface area (Å²) in [5.74, 6) is -0.525. The Labute approximate surface area is 154 Å². The van der Waals surface area contributed by atoms with Crippen LogP contribution in [0.3, 0.4) is 0 Å². The average Bonchev–Trinajstić information content (AvgIpc) is 3.19. The molecule has 0 bridgehead atoms. The van der Waals surface area contributed by atoms with E-state index in [1.807, 2.05) is 0 Å². The fraction of sp³-hybridized carbons (Fsp3) is 0.0714. The second kappa shape index (κ2) is 7.03. The van der Waals surface area contributed by atoms with Gasteiger partial charge in [-0.25, -0.2) is 4.68 Å². The van der Waals surface area contributed by atoms with Crippen LogP contribution < -0.4 is 5.32 Å². The van der Waals surface area contributed by atoms with Crippen molar-refractivity contribution >= 4 is 44.8 Å². The molecule has 0 fully saturated rings. The molecule has 0 radical (unpaired) electrons. The number of hydrogen-bond acceptors (Lipinski definition) is 5. The maximum absolute atomic E-state index is 12.3. The Morgan fingerprint density at radius 1 is 1.36 bits per heavy atom. The fourth-order valence-electron chi connectivity index (χ4n) is 2.03. The highest BCUT2D eigenvalue weighted by Gasteiger charge is 2.15. The molecule has 3 aromatic rings. The van der Waals surface area contributed by atoms with Crippen LogP contribution in [0.15, 0.2) is 47.3 Å². The number of halogens is 2. The van der Waals surface area contributed by atoms with Crippen molar-refractivity contribution in [3.05, 3.63) is 68.2 Å². The molecule has 1 N–H and O–H groups in total. The van der Waals surface area contributed by atoms with Crippen molar-refractivity contribution in [2.75, 3.05) is 5.32 Å². The van der Waals surface area contributed by atoms with E-state index in [4.69, 9.17) is 11.6 Å². The second-order valence-electron chi connectivity index (χ2n) is 4.96. The summed E-state index contributed by atoms with van der Waals surface area (Å²) in [5, 5.41) is 21.8. The highest BCUT2D eigenvalue weighted by molar-refractivity contribution is 9.10. The van der Waals surface area contributed by atoms with Crippen LogP contribution >= 0.6 is 27.5 Å². The fourth-order valence-corrected chi connectivity index (χ4v) is 2.53. The number of carbonyl (C=O) groups excluding carboxylic acids is 1. The number of aromatic nitrogens is 4. The molecule has 9 nitrogen and oxygen atoms in total. The van der Waals surface area contributed by atoms with Crippen LogP contribution in [0.4, 0.5) is 11.4 Å². The van der Waals surface area contributed by atoms with Crippen LogP contribution in [-0.2, 0) is 6.67 Å². The van der Waals surface area contributed by atoms with E-state index in [-0.39, 0.29) is 22.1 Å². The molecule has 0 aliphatic rings. The Morgan fingerprint density at radius 2 is 2.16 bits per heavy atom. The summed E-state index contributed by atoms with van der Waals surface area (Å²) in [4.78, 5) is 22.5. The molecule has 0 saturated heterocycles. The maximum atomic E-state index is 12.3. The highest BCUT2D eigenvalue weighted by atomic mass is 79.9. The number of nitrogens with zero attached hydrogens (tertiary/aromatic N) is 5. The van der Waals surface area contributed by atoms with Crippen LogP contribution in [-0.4, -0.2) is 30.4 Å². The molecular weight excluding hydrogens is 416 g/mol. The van der Waals surface area contributed by atoms with Gasteiger partial charge in [0, 0.05) is 24.5 Å². The van der Waals surface area contributed by atoms with Gasteiger partial charge in [0.15, 0.2) is 5.69 Å². The summed E-state index contributed by atoms with van der Waals surface area (Å²) in [5.41, 5.74) is 0.120. The quantitative estimate of drug-likeness (QED) is 0.499. The number of nitro benzene ring substituents is 1. The first-order valence-electron chi connectivity index (χ1n) is 6.89. The Bertz CT molecular complexity index is 954. The van der Waals surface area contributed by atoms with E-state index >= 15 is 0 Å². The molecular formula is C14H10BrClN6O3. The van der Waals surface area contributed by atoms with Gasteiger partial charge in [-0.15, -0.1) is 0 Å². The van der Waals surface area contributed by atoms with Gasteiger partial charge in [0.25, 0.3) is 11.6 Å². The SMILES string of the molecule is O=C(Nc1cc([N+](=O)[O-])ccc1Cl)c1ccn(Cn2cc(Br)cn2)n1. The number of hydrogen-bond donors (Lipinski definition) is 1. The van der Waals surface area contributed by atoms with Crippen molar-refractivity contribution in [1.82, 2.24) is 19.6 Å². The zero-order chi connectivity index (χ0) is 18.0. The lowest BCUT2D eigenvalue weighted by Gasteiger charge is -2.05. The van der Waals surface area contributed by atoms with Crippen molar-refractivity contribution in [2.24, 2.45) is 0 Å². The standard InChI is InChI=1S/C14H10BrClN6O3/c15-9-6-17-21(7-9)8-20-4-3-12(19-20)14(23)18-13-5-10(22(24)25)1-2-11(13)16/h1-7H,8H2,(H,18,23). The smallest absolute Gasteiger partial charge is 0.276 e. The van der Waals surface area contributed by atoms with Crippen LogP contribution in [0.1, 0.15) is 10.5 Å². The first kappa shape index (κ1) is 17.1. The molecule has 2 heterocycles. The third kappa shape index (κ3) is 4.03. The number of carbonyl (C=O) groups is 1. The molecule has 0 aliphatic carbocycles. The number of nitro groups is 1. The van der Waals surface area contributed by atoms with Crippen LogP contribution in [0.2, 0.25) is 5.02 Å². The molecule has 2 aromatic heterocycles. The van der Waals surface area contributed by atoms with E-state index in [1.54, 1.807) is 23.3 Å². The van der Waals surface area contributed by atoms with Gasteiger partial charge in [-0.3, -0.25) is 19.6 Å². The minimum absolute atomic E-state index is 0.145. The Hall–Kier alpha value is -2.72. The predicted molar refractivity (Wildman–Crippen MR) is 93.6 cm³/mol. The molecule has 128 valence electrons. The van der Waals surface area contributed by atoms with E-state index in [2.05, 4.69) is 31.4 Å². The number of amides is 1. The van der Waals surface area contributed by atoms with E-state index in [1.165, 1.54) is 28.9 Å². The number of non-ortho nitro benzene ring substituents is 1. The molecule has 1 aromatic carbocycles. The van der Waals surface area contributed by atoms with Crippen molar-refractivity contribution in [3.8, 4) is 0 Å². The topological polar surface area (TPSA) is 108 Å². The minimum Gasteiger partial charge on any atom is -0.319 e. The third-order valence-electron chi connectivity index (χ3n) is 3.17. The minimum atomic E-state index is -0.567. The lowest BCUT2D eigenvalue weighted by atomic mass is 10.2. The van der Waals surface area contributed by atoms with E-state index in [9.17, 15) is 14.9 Å². The first-order valence-corrected chi connectivity index (χ1v) is 8.06. The molecule has 0 unspecified atom stereocenters. The maximum Gasteiger partial charge on any atom is 0.276 e. The van der Waals surface area contributed by atoms with E-state index in [0.29, 0.717) is 6.67 Å². The Kier molecular flexibility index (Phi) is 4.81. The second-order valence-corrected chi connectivity index (χ2v) is 6.28. The summed E-state index contributed by atoms with van der Waals surface area (Å²) < 4.78 is 4.00. The van der Waals surface area contributed by atoms with Crippen molar-refractivity contribution in [1.29, 1.82) is 0 Å². The van der Waals surface area contributed by atoms with Gasteiger partial charge in [0.1, 0.15) is 6.67 Å². The molecule has 0 atom stereocenters. The van der Waals surface area contributed by atoms with Crippen molar-refractivity contribution in [2.45, 2.75) is 6.67 Å². The van der Waals surface area contributed by atoms with Crippen LogP contribution in [0.5, 0.6) is 0 Å². The molecule has 11 heteroatoms. The Balaban J connectivity index is 1.74. The van der Waals surface area contributed by atoms with E-state index in [0.717, 1.165) is 4.47 Å². The monoisotopic (exact) mass is 424 g/mol. The normalized spacial score (nSPS) is 10.6. The van der Waals surface area contributed by atoms with E-state index < -0.39 is 10.8 Å². The van der Waals surface area contributed by atoms with Gasteiger partial charge in [-0.05, 0) is 28.1 Å². The molecule has 0 aliphatic heterocycles. The first-order chi connectivity index (χ1) is 11.9. The molecule has 1 amide bonds. The lowest BCUT2D eigenvalue weighted by molar-refractivity contribution is -0.384. The molecule has 25 heavy (non-hydrogen) atoms. The van der Waals surface area contributed by atoms with Crippen LogP contribution in [0, 0.1) is 10.1 Å². The van der Waals surface area contributed by atoms with Crippen molar-refractivity contribution < 1.29 is 9.72 Å². The molecule has 0 saturated carbocycles.